The quantitative estimate of drug-likeness (QED) is 0.781. The van der Waals surface area contributed by atoms with Gasteiger partial charge in [0.15, 0.2) is 0 Å². The van der Waals surface area contributed by atoms with E-state index in [2.05, 4.69) is 10.3 Å². The zero-order chi connectivity index (χ0) is 18.5. The number of nitrogens with one attached hydrogen (secondary N) is 1. The third-order valence-electron chi connectivity index (χ3n) is 4.91. The van der Waals surface area contributed by atoms with Gasteiger partial charge in [-0.25, -0.2) is 9.78 Å². The fraction of sp³-hybridized carbons (Fsp3) is 0.421. The summed E-state index contributed by atoms with van der Waals surface area (Å²) >= 11 is 6.05. The molecule has 3 N–H and O–H groups in total. The van der Waals surface area contributed by atoms with E-state index in [1.165, 1.54) is 0 Å². The Kier molecular flexibility index (Phi) is 5.93. The highest BCUT2D eigenvalue weighted by atomic mass is 35.5. The van der Waals surface area contributed by atoms with Crippen molar-refractivity contribution in [2.24, 2.45) is 17.6 Å². The predicted octanol–water partition coefficient (Wildman–Crippen LogP) is 3.52. The van der Waals surface area contributed by atoms with Crippen LogP contribution in [-0.4, -0.2) is 30.1 Å². The average Bonchev–Trinajstić information content (AvgIpc) is 2.64. The van der Waals surface area contributed by atoms with Crippen molar-refractivity contribution in [3.63, 3.8) is 0 Å². The monoisotopic (exact) mass is 375 g/mol. The largest absolute Gasteiger partial charge is 0.449 e. The molecule has 1 aliphatic carbocycles. The zero-order valence-electron chi connectivity index (χ0n) is 14.4. The smallest absolute Gasteiger partial charge is 0.404 e. The maximum Gasteiger partial charge on any atom is 0.404 e. The summed E-state index contributed by atoms with van der Waals surface area (Å²) < 4.78 is 4.88. The van der Waals surface area contributed by atoms with Gasteiger partial charge in [-0.3, -0.25) is 4.79 Å². The number of pyridine rings is 1. The van der Waals surface area contributed by atoms with Gasteiger partial charge in [-0.2, -0.15) is 0 Å². The third kappa shape index (κ3) is 4.64. The molecule has 0 atom stereocenters. The number of nitrogens with zero attached hydrogens (tertiary/aromatic N) is 1. The van der Waals surface area contributed by atoms with Crippen LogP contribution in [0.2, 0.25) is 5.15 Å². The van der Waals surface area contributed by atoms with Crippen molar-refractivity contribution >= 4 is 34.5 Å². The Morgan fingerprint density at radius 1 is 1.19 bits per heavy atom. The zero-order valence-corrected chi connectivity index (χ0v) is 15.2. The lowest BCUT2D eigenvalue weighted by molar-refractivity contribution is 0.0930. The molecule has 0 spiro atoms. The van der Waals surface area contributed by atoms with E-state index in [9.17, 15) is 9.59 Å². The topological polar surface area (TPSA) is 94.3 Å². The molecule has 6 nitrogen and oxygen atoms in total. The summed E-state index contributed by atoms with van der Waals surface area (Å²) in [6.45, 7) is 1.01. The lowest BCUT2D eigenvalue weighted by atomic mass is 9.82. The number of hydrogen-bond acceptors (Lipinski definition) is 4. The second-order valence-electron chi connectivity index (χ2n) is 6.74. The molecule has 7 heteroatoms. The summed E-state index contributed by atoms with van der Waals surface area (Å²) in [5.41, 5.74) is 6.25. The highest BCUT2D eigenvalue weighted by molar-refractivity contribution is 6.30. The molecule has 2 aromatic rings. The number of amides is 2. The summed E-state index contributed by atoms with van der Waals surface area (Å²) in [7, 11) is 0. The van der Waals surface area contributed by atoms with E-state index in [4.69, 9.17) is 22.1 Å². The molecular weight excluding hydrogens is 354 g/mol. The van der Waals surface area contributed by atoms with Gasteiger partial charge in [0, 0.05) is 11.9 Å². The van der Waals surface area contributed by atoms with E-state index in [1.54, 1.807) is 6.07 Å². The first-order chi connectivity index (χ1) is 12.5. The van der Waals surface area contributed by atoms with Crippen molar-refractivity contribution in [3.05, 3.63) is 41.0 Å². The van der Waals surface area contributed by atoms with Gasteiger partial charge in [0.1, 0.15) is 5.15 Å². The number of rotatable bonds is 5. The number of benzene rings is 1. The van der Waals surface area contributed by atoms with E-state index in [0.29, 0.717) is 41.2 Å². The van der Waals surface area contributed by atoms with E-state index in [0.717, 1.165) is 31.1 Å². The number of para-hydroxylation sites is 1. The van der Waals surface area contributed by atoms with E-state index < -0.39 is 6.09 Å². The predicted molar refractivity (Wildman–Crippen MR) is 100 cm³/mol. The maximum atomic E-state index is 12.6. The Labute approximate surface area is 157 Å². The molecule has 26 heavy (non-hydrogen) atoms. The number of hydrogen-bond donors (Lipinski definition) is 2. The normalized spacial score (nSPS) is 19.9. The number of carbonyl (C=O) groups excluding carboxylic acids is 2. The number of aromatic nitrogens is 1. The maximum absolute atomic E-state index is 12.6. The highest BCUT2D eigenvalue weighted by Gasteiger charge is 2.23. The molecular formula is C19H22ClN3O3. The van der Waals surface area contributed by atoms with Crippen LogP contribution in [0.15, 0.2) is 30.3 Å². The number of halogens is 1. The van der Waals surface area contributed by atoms with Crippen LogP contribution in [0.3, 0.4) is 0 Å². The standard InChI is InChI=1S/C19H22ClN3O3/c20-17-9-15(14-3-1-2-4-16(14)23-17)18(24)22-10-12-5-7-13(8-6-12)11-26-19(21)25/h1-4,9,12-13H,5-8,10-11H2,(H2,21,25)(H,22,24). The summed E-state index contributed by atoms with van der Waals surface area (Å²) in [6, 6.07) is 9.07. The van der Waals surface area contributed by atoms with Gasteiger partial charge in [-0.1, -0.05) is 29.8 Å². The molecule has 0 bridgehead atoms. The Hall–Kier alpha value is -2.34. The summed E-state index contributed by atoms with van der Waals surface area (Å²) in [4.78, 5) is 27.5. The molecule has 0 radical (unpaired) electrons. The van der Waals surface area contributed by atoms with Crippen LogP contribution < -0.4 is 11.1 Å². The van der Waals surface area contributed by atoms with Crippen molar-refractivity contribution in [2.75, 3.05) is 13.2 Å². The molecule has 1 heterocycles. The van der Waals surface area contributed by atoms with Crippen molar-refractivity contribution in [1.82, 2.24) is 10.3 Å². The van der Waals surface area contributed by atoms with Crippen LogP contribution in [0.1, 0.15) is 36.0 Å². The molecule has 1 fully saturated rings. The van der Waals surface area contributed by atoms with Crippen LogP contribution in [0.4, 0.5) is 4.79 Å². The van der Waals surface area contributed by atoms with E-state index in [1.807, 2.05) is 24.3 Å². The molecule has 0 aliphatic heterocycles. The van der Waals surface area contributed by atoms with Gasteiger partial charge < -0.3 is 15.8 Å². The highest BCUT2D eigenvalue weighted by Crippen LogP contribution is 2.29. The van der Waals surface area contributed by atoms with E-state index >= 15 is 0 Å². The first kappa shape index (κ1) is 18.5. The molecule has 1 aromatic carbocycles. The SMILES string of the molecule is NC(=O)OCC1CCC(CNC(=O)c2cc(Cl)nc3ccccc23)CC1. The van der Waals surface area contributed by atoms with Crippen LogP contribution in [0.25, 0.3) is 10.9 Å². The Morgan fingerprint density at radius 2 is 1.88 bits per heavy atom. The van der Waals surface area contributed by atoms with Crippen molar-refractivity contribution in [1.29, 1.82) is 0 Å². The first-order valence-corrected chi connectivity index (χ1v) is 9.16. The Bertz CT molecular complexity index is 804. The summed E-state index contributed by atoms with van der Waals surface area (Å²) in [5.74, 6) is 0.648. The van der Waals surface area contributed by atoms with Gasteiger partial charge in [0.2, 0.25) is 0 Å². The van der Waals surface area contributed by atoms with Crippen LogP contribution in [0, 0.1) is 11.8 Å². The number of ether oxygens (including phenoxy) is 1. The van der Waals surface area contributed by atoms with Crippen LogP contribution in [0.5, 0.6) is 0 Å². The molecule has 1 aromatic heterocycles. The van der Waals surface area contributed by atoms with Crippen molar-refractivity contribution in [3.8, 4) is 0 Å². The number of nitrogens with two attached hydrogens (primary N) is 1. The lowest BCUT2D eigenvalue weighted by Crippen LogP contribution is -2.32. The second-order valence-corrected chi connectivity index (χ2v) is 7.12. The molecule has 0 unspecified atom stereocenters. The minimum atomic E-state index is -0.720. The Morgan fingerprint density at radius 3 is 2.62 bits per heavy atom. The first-order valence-electron chi connectivity index (χ1n) is 8.78. The lowest BCUT2D eigenvalue weighted by Gasteiger charge is -2.28. The third-order valence-corrected chi connectivity index (χ3v) is 5.10. The summed E-state index contributed by atoms with van der Waals surface area (Å²) in [6.07, 6.45) is 3.20. The fourth-order valence-electron chi connectivity index (χ4n) is 3.47. The van der Waals surface area contributed by atoms with Crippen LogP contribution in [-0.2, 0) is 4.74 Å². The second kappa shape index (κ2) is 8.36. The number of primary amides is 1. The minimum Gasteiger partial charge on any atom is -0.449 e. The fourth-order valence-corrected chi connectivity index (χ4v) is 3.67. The Balaban J connectivity index is 1.55. The average molecular weight is 376 g/mol. The van der Waals surface area contributed by atoms with Gasteiger partial charge in [0.05, 0.1) is 17.7 Å². The molecule has 138 valence electrons. The molecule has 1 saturated carbocycles. The van der Waals surface area contributed by atoms with Crippen molar-refractivity contribution in [2.45, 2.75) is 25.7 Å². The van der Waals surface area contributed by atoms with Crippen molar-refractivity contribution < 1.29 is 14.3 Å². The van der Waals surface area contributed by atoms with Gasteiger partial charge in [-0.05, 0) is 49.7 Å². The van der Waals surface area contributed by atoms with Crippen LogP contribution >= 0.6 is 11.6 Å². The molecule has 2 amide bonds. The number of carbonyl (C=O) groups is 2. The van der Waals surface area contributed by atoms with E-state index in [-0.39, 0.29) is 5.91 Å². The van der Waals surface area contributed by atoms with Gasteiger partial charge in [0.25, 0.3) is 5.91 Å². The molecule has 0 saturated heterocycles. The summed E-state index contributed by atoms with van der Waals surface area (Å²) in [5, 5.41) is 4.12. The molecule has 1 aliphatic rings. The van der Waals surface area contributed by atoms with Gasteiger partial charge >= 0.3 is 6.09 Å². The molecule has 3 rings (SSSR count). The minimum absolute atomic E-state index is 0.135. The number of fused-ring (bicyclic) bond motifs is 1. The van der Waals surface area contributed by atoms with Gasteiger partial charge in [-0.15, -0.1) is 0 Å².